The molecule has 1 unspecified atom stereocenters. The van der Waals surface area contributed by atoms with Gasteiger partial charge in [-0.05, 0) is 32.2 Å². The Hall–Kier alpha value is -0.550. The molecule has 0 saturated heterocycles. The molecule has 1 aliphatic rings. The van der Waals surface area contributed by atoms with Gasteiger partial charge in [0.2, 0.25) is 0 Å². The minimum atomic E-state index is 0.583. The number of nitrogens with one attached hydrogen (secondary N) is 1. The van der Waals surface area contributed by atoms with Crippen molar-refractivity contribution in [3.8, 4) is 6.07 Å². The fraction of sp³-hybridized carbons (Fsp3) is 0.909. The molecule has 0 bridgehead atoms. The van der Waals surface area contributed by atoms with Crippen LogP contribution < -0.4 is 5.32 Å². The van der Waals surface area contributed by atoms with Gasteiger partial charge in [-0.15, -0.1) is 0 Å². The van der Waals surface area contributed by atoms with Crippen molar-refractivity contribution in [1.29, 1.82) is 5.26 Å². The molecule has 0 radical (unpaired) electrons. The van der Waals surface area contributed by atoms with Crippen LogP contribution in [0.5, 0.6) is 0 Å². The van der Waals surface area contributed by atoms with E-state index < -0.39 is 0 Å². The van der Waals surface area contributed by atoms with Crippen molar-refractivity contribution in [3.63, 3.8) is 0 Å². The van der Waals surface area contributed by atoms with Gasteiger partial charge < -0.3 is 5.32 Å². The van der Waals surface area contributed by atoms with E-state index in [-0.39, 0.29) is 0 Å². The normalized spacial score (nSPS) is 20.9. The molecule has 0 heterocycles. The molecule has 1 rings (SSSR count). The van der Waals surface area contributed by atoms with Crippen LogP contribution in [0.4, 0.5) is 0 Å². The summed E-state index contributed by atoms with van der Waals surface area (Å²) in [5, 5.41) is 11.9. The predicted octanol–water partition coefficient (Wildman–Crippen LogP) is 2.46. The lowest BCUT2D eigenvalue weighted by Crippen LogP contribution is -2.34. The van der Waals surface area contributed by atoms with Crippen molar-refractivity contribution in [2.75, 3.05) is 7.05 Å². The predicted molar refractivity (Wildman–Crippen MR) is 54.3 cm³/mol. The summed E-state index contributed by atoms with van der Waals surface area (Å²) in [6, 6.07) is 2.81. The van der Waals surface area contributed by atoms with E-state index >= 15 is 0 Å². The van der Waals surface area contributed by atoms with Crippen LogP contribution in [-0.4, -0.2) is 13.1 Å². The molecule has 74 valence electrons. The first-order valence-corrected chi connectivity index (χ1v) is 5.42. The minimum Gasteiger partial charge on any atom is -0.317 e. The van der Waals surface area contributed by atoms with Gasteiger partial charge in [-0.1, -0.05) is 19.3 Å². The number of nitriles is 1. The monoisotopic (exact) mass is 180 g/mol. The largest absolute Gasteiger partial charge is 0.317 e. The van der Waals surface area contributed by atoms with Crippen LogP contribution in [0.15, 0.2) is 0 Å². The highest BCUT2D eigenvalue weighted by Crippen LogP contribution is 2.27. The summed E-state index contributed by atoms with van der Waals surface area (Å²) in [5.41, 5.74) is 0. The first-order chi connectivity index (χ1) is 6.38. The molecule has 0 aromatic heterocycles. The zero-order valence-electron chi connectivity index (χ0n) is 8.55. The van der Waals surface area contributed by atoms with Gasteiger partial charge in [-0.3, -0.25) is 0 Å². The lowest BCUT2D eigenvalue weighted by Gasteiger charge is -2.29. The lowest BCUT2D eigenvalue weighted by molar-refractivity contribution is 0.269. The number of rotatable bonds is 4. The van der Waals surface area contributed by atoms with Crippen LogP contribution in [0.2, 0.25) is 0 Å². The molecule has 1 aliphatic carbocycles. The molecule has 1 saturated carbocycles. The highest BCUT2D eigenvalue weighted by Gasteiger charge is 2.21. The van der Waals surface area contributed by atoms with Crippen LogP contribution in [-0.2, 0) is 0 Å². The Balaban J connectivity index is 2.31. The fourth-order valence-corrected chi connectivity index (χ4v) is 2.37. The van der Waals surface area contributed by atoms with Gasteiger partial charge in [0, 0.05) is 12.5 Å². The van der Waals surface area contributed by atoms with Crippen molar-refractivity contribution in [2.24, 2.45) is 5.92 Å². The lowest BCUT2D eigenvalue weighted by atomic mass is 9.82. The van der Waals surface area contributed by atoms with Crippen LogP contribution in [0, 0.1) is 17.2 Å². The Morgan fingerprint density at radius 3 is 2.62 bits per heavy atom. The van der Waals surface area contributed by atoms with Gasteiger partial charge >= 0.3 is 0 Å². The maximum atomic E-state index is 8.53. The maximum absolute atomic E-state index is 8.53. The van der Waals surface area contributed by atoms with Crippen molar-refractivity contribution in [3.05, 3.63) is 0 Å². The van der Waals surface area contributed by atoms with E-state index in [4.69, 9.17) is 5.26 Å². The van der Waals surface area contributed by atoms with Crippen LogP contribution in [0.1, 0.15) is 44.9 Å². The van der Waals surface area contributed by atoms with Gasteiger partial charge in [0.05, 0.1) is 6.07 Å². The molecule has 13 heavy (non-hydrogen) atoms. The SMILES string of the molecule is CNC(CCC#N)C1CCCCC1. The third-order valence-electron chi connectivity index (χ3n) is 3.16. The van der Waals surface area contributed by atoms with Crippen molar-refractivity contribution in [2.45, 2.75) is 51.0 Å². The molecule has 0 aromatic carbocycles. The van der Waals surface area contributed by atoms with E-state index in [1.165, 1.54) is 32.1 Å². The quantitative estimate of drug-likeness (QED) is 0.721. The molecule has 2 heteroatoms. The highest BCUT2D eigenvalue weighted by molar-refractivity contribution is 4.82. The van der Waals surface area contributed by atoms with Gasteiger partial charge in [0.15, 0.2) is 0 Å². The van der Waals surface area contributed by atoms with Gasteiger partial charge in [-0.2, -0.15) is 5.26 Å². The average molecular weight is 180 g/mol. The van der Waals surface area contributed by atoms with E-state index in [9.17, 15) is 0 Å². The summed E-state index contributed by atoms with van der Waals surface area (Å²) in [6.45, 7) is 0. The second-order valence-corrected chi connectivity index (χ2v) is 3.99. The number of nitrogens with zero attached hydrogens (tertiary/aromatic N) is 1. The summed E-state index contributed by atoms with van der Waals surface area (Å²) >= 11 is 0. The Kier molecular flexibility index (Phi) is 4.85. The van der Waals surface area contributed by atoms with Gasteiger partial charge in [0.1, 0.15) is 0 Å². The Labute approximate surface area is 81.3 Å². The zero-order chi connectivity index (χ0) is 9.52. The number of hydrogen-bond acceptors (Lipinski definition) is 2. The molecule has 1 fully saturated rings. The summed E-state index contributed by atoms with van der Waals surface area (Å²) in [4.78, 5) is 0. The summed E-state index contributed by atoms with van der Waals surface area (Å²) < 4.78 is 0. The van der Waals surface area contributed by atoms with E-state index in [0.717, 1.165) is 12.3 Å². The molecular weight excluding hydrogens is 160 g/mol. The van der Waals surface area contributed by atoms with Crippen LogP contribution in [0.25, 0.3) is 0 Å². The summed E-state index contributed by atoms with van der Waals surface area (Å²) in [7, 11) is 2.02. The second-order valence-electron chi connectivity index (χ2n) is 3.99. The first-order valence-electron chi connectivity index (χ1n) is 5.42. The summed E-state index contributed by atoms with van der Waals surface area (Å²) in [6.07, 6.45) is 8.61. The number of hydrogen-bond donors (Lipinski definition) is 1. The highest BCUT2D eigenvalue weighted by atomic mass is 14.9. The van der Waals surface area contributed by atoms with E-state index in [0.29, 0.717) is 12.5 Å². The molecule has 0 aromatic rings. The second kappa shape index (κ2) is 5.99. The minimum absolute atomic E-state index is 0.583. The molecule has 2 nitrogen and oxygen atoms in total. The van der Waals surface area contributed by atoms with Crippen molar-refractivity contribution < 1.29 is 0 Å². The van der Waals surface area contributed by atoms with Crippen molar-refractivity contribution >= 4 is 0 Å². The smallest absolute Gasteiger partial charge is 0.0622 e. The summed E-state index contributed by atoms with van der Waals surface area (Å²) in [5.74, 6) is 0.826. The third-order valence-corrected chi connectivity index (χ3v) is 3.16. The first kappa shape index (κ1) is 10.5. The van der Waals surface area contributed by atoms with Gasteiger partial charge in [0.25, 0.3) is 0 Å². The van der Waals surface area contributed by atoms with Gasteiger partial charge in [-0.25, -0.2) is 0 Å². The fourth-order valence-electron chi connectivity index (χ4n) is 2.37. The van der Waals surface area contributed by atoms with E-state index in [1.54, 1.807) is 0 Å². The van der Waals surface area contributed by atoms with Crippen molar-refractivity contribution in [1.82, 2.24) is 5.32 Å². The zero-order valence-corrected chi connectivity index (χ0v) is 8.55. The van der Waals surface area contributed by atoms with Crippen LogP contribution >= 0.6 is 0 Å². The molecule has 0 aliphatic heterocycles. The molecule has 1 N–H and O–H groups in total. The molecule has 1 atom stereocenters. The molecular formula is C11H20N2. The standard InChI is InChI=1S/C11H20N2/c1-13-11(8-5-9-12)10-6-3-2-4-7-10/h10-11,13H,2-8H2,1H3. The molecule has 0 spiro atoms. The third kappa shape index (κ3) is 3.36. The van der Waals surface area contributed by atoms with Crippen LogP contribution in [0.3, 0.4) is 0 Å². The molecule has 0 amide bonds. The Morgan fingerprint density at radius 2 is 2.08 bits per heavy atom. The Morgan fingerprint density at radius 1 is 1.38 bits per heavy atom. The average Bonchev–Trinajstić information content (AvgIpc) is 2.21. The van der Waals surface area contributed by atoms with E-state index in [2.05, 4.69) is 11.4 Å². The topological polar surface area (TPSA) is 35.8 Å². The van der Waals surface area contributed by atoms with E-state index in [1.807, 2.05) is 7.05 Å². The maximum Gasteiger partial charge on any atom is 0.0622 e. The Bertz CT molecular complexity index is 165.